The summed E-state index contributed by atoms with van der Waals surface area (Å²) < 4.78 is 0.580. The van der Waals surface area contributed by atoms with E-state index in [0.717, 1.165) is 0 Å². The molecule has 0 bridgehead atoms. The van der Waals surface area contributed by atoms with Crippen LogP contribution in [0.15, 0.2) is 22.7 Å². The Hall–Kier alpha value is -1.27. The van der Waals surface area contributed by atoms with Gasteiger partial charge in [0.2, 0.25) is 0 Å². The Labute approximate surface area is 123 Å². The number of carboxylic acid groups (broad SMARTS) is 1. The molecule has 2 N–H and O–H groups in total. The van der Waals surface area contributed by atoms with E-state index < -0.39 is 18.0 Å². The van der Waals surface area contributed by atoms with Gasteiger partial charge in [-0.15, -0.1) is 0 Å². The maximum atomic E-state index is 12.1. The normalized spacial score (nSPS) is 18.4. The summed E-state index contributed by atoms with van der Waals surface area (Å²) in [6.07, 6.45) is 1.18. The fourth-order valence-corrected chi connectivity index (χ4v) is 2.59. The van der Waals surface area contributed by atoms with Crippen molar-refractivity contribution in [1.82, 2.24) is 4.90 Å². The zero-order valence-corrected chi connectivity index (χ0v) is 12.2. The van der Waals surface area contributed by atoms with Crippen LogP contribution in [0.5, 0.6) is 0 Å². The lowest BCUT2D eigenvalue weighted by Gasteiger charge is -2.22. The van der Waals surface area contributed by atoms with Gasteiger partial charge in [-0.3, -0.25) is 0 Å². The first-order chi connectivity index (χ1) is 9.00. The Kier molecular flexibility index (Phi) is 4.31. The van der Waals surface area contributed by atoms with Crippen molar-refractivity contribution < 1.29 is 14.7 Å². The third-order valence-electron chi connectivity index (χ3n) is 2.99. The molecule has 2 rings (SSSR count). The number of halogens is 2. The maximum Gasteiger partial charge on any atom is 0.326 e. The molecule has 1 aromatic carbocycles. The van der Waals surface area contributed by atoms with Gasteiger partial charge in [0, 0.05) is 6.54 Å². The smallest absolute Gasteiger partial charge is 0.326 e. The molecule has 102 valence electrons. The second kappa shape index (κ2) is 5.79. The van der Waals surface area contributed by atoms with E-state index in [4.69, 9.17) is 16.7 Å². The number of urea groups is 1. The van der Waals surface area contributed by atoms with Gasteiger partial charge in [-0.2, -0.15) is 0 Å². The van der Waals surface area contributed by atoms with E-state index in [2.05, 4.69) is 21.2 Å². The zero-order chi connectivity index (χ0) is 14.0. The van der Waals surface area contributed by atoms with Crippen molar-refractivity contribution in [2.45, 2.75) is 18.9 Å². The third kappa shape index (κ3) is 3.01. The van der Waals surface area contributed by atoms with Crippen LogP contribution in [-0.4, -0.2) is 34.6 Å². The van der Waals surface area contributed by atoms with Crippen LogP contribution < -0.4 is 5.32 Å². The van der Waals surface area contributed by atoms with Crippen LogP contribution in [0, 0.1) is 0 Å². The molecule has 0 unspecified atom stereocenters. The van der Waals surface area contributed by atoms with Gasteiger partial charge in [-0.25, -0.2) is 9.59 Å². The molecule has 19 heavy (non-hydrogen) atoms. The lowest BCUT2D eigenvalue weighted by Crippen LogP contribution is -2.42. The first kappa shape index (κ1) is 14.1. The number of hydrogen-bond acceptors (Lipinski definition) is 2. The van der Waals surface area contributed by atoms with E-state index in [1.165, 1.54) is 4.90 Å². The fraction of sp³-hybridized carbons (Fsp3) is 0.333. The van der Waals surface area contributed by atoms with Crippen LogP contribution in [0.1, 0.15) is 12.8 Å². The van der Waals surface area contributed by atoms with Gasteiger partial charge in [-0.05, 0) is 40.9 Å². The predicted octanol–water partition coefficient (Wildman–Crippen LogP) is 3.18. The number of carbonyl (C=O) groups is 2. The lowest BCUT2D eigenvalue weighted by atomic mass is 10.2. The number of amides is 2. The van der Waals surface area contributed by atoms with Crippen LogP contribution in [-0.2, 0) is 4.79 Å². The van der Waals surface area contributed by atoms with Crippen LogP contribution >= 0.6 is 27.5 Å². The molecule has 0 spiro atoms. The summed E-state index contributed by atoms with van der Waals surface area (Å²) >= 11 is 9.21. The summed E-state index contributed by atoms with van der Waals surface area (Å²) in [5.41, 5.74) is 0.522. The summed E-state index contributed by atoms with van der Waals surface area (Å²) in [6, 6.07) is 3.92. The molecule has 1 saturated heterocycles. The van der Waals surface area contributed by atoms with Crippen molar-refractivity contribution in [2.75, 3.05) is 11.9 Å². The number of benzene rings is 1. The minimum atomic E-state index is -0.974. The summed E-state index contributed by atoms with van der Waals surface area (Å²) in [6.45, 7) is 0.445. The first-order valence-corrected chi connectivity index (χ1v) is 6.92. The molecule has 1 aliphatic rings. The average molecular weight is 348 g/mol. The number of aliphatic carboxylic acids is 1. The molecule has 1 heterocycles. The number of carboxylic acids is 1. The van der Waals surface area contributed by atoms with Crippen molar-refractivity contribution in [2.24, 2.45) is 0 Å². The minimum absolute atomic E-state index is 0.423. The fourth-order valence-electron chi connectivity index (χ4n) is 2.05. The zero-order valence-electron chi connectivity index (χ0n) is 9.90. The number of hydrogen-bond donors (Lipinski definition) is 2. The molecule has 7 heteroatoms. The standard InChI is InChI=1S/C12H12BrClN2O3/c13-10-7(14)3-1-4-8(10)15-12(19)16-6-2-5-9(16)11(17)18/h1,3-4,9H,2,5-6H2,(H,15,19)(H,17,18)/t9-/m1/s1. The molecule has 1 atom stereocenters. The largest absolute Gasteiger partial charge is 0.480 e. The van der Waals surface area contributed by atoms with E-state index in [-0.39, 0.29) is 0 Å². The number of nitrogens with one attached hydrogen (secondary N) is 1. The molecule has 0 aliphatic carbocycles. The van der Waals surface area contributed by atoms with Crippen molar-refractivity contribution >= 4 is 45.2 Å². The highest BCUT2D eigenvalue weighted by Gasteiger charge is 2.34. The van der Waals surface area contributed by atoms with Crippen LogP contribution in [0.3, 0.4) is 0 Å². The molecule has 2 amide bonds. The number of carbonyl (C=O) groups excluding carboxylic acids is 1. The summed E-state index contributed by atoms with van der Waals surface area (Å²) in [5, 5.41) is 12.2. The predicted molar refractivity (Wildman–Crippen MR) is 75.5 cm³/mol. The van der Waals surface area contributed by atoms with Gasteiger partial charge in [-0.1, -0.05) is 17.7 Å². The average Bonchev–Trinajstić information content (AvgIpc) is 2.84. The van der Waals surface area contributed by atoms with Crippen LogP contribution in [0.25, 0.3) is 0 Å². The highest BCUT2D eigenvalue weighted by molar-refractivity contribution is 9.10. The van der Waals surface area contributed by atoms with Gasteiger partial charge in [0.05, 0.1) is 15.2 Å². The lowest BCUT2D eigenvalue weighted by molar-refractivity contribution is -0.141. The Morgan fingerprint density at radius 1 is 1.47 bits per heavy atom. The van der Waals surface area contributed by atoms with Crippen LogP contribution in [0.4, 0.5) is 10.5 Å². The van der Waals surface area contributed by atoms with Gasteiger partial charge in [0.1, 0.15) is 6.04 Å². The Bertz CT molecular complexity index is 524. The monoisotopic (exact) mass is 346 g/mol. The van der Waals surface area contributed by atoms with Crippen LogP contribution in [0.2, 0.25) is 5.02 Å². The quantitative estimate of drug-likeness (QED) is 0.863. The Balaban J connectivity index is 2.13. The van der Waals surface area contributed by atoms with Crippen molar-refractivity contribution in [3.05, 3.63) is 27.7 Å². The van der Waals surface area contributed by atoms with Crippen molar-refractivity contribution in [3.8, 4) is 0 Å². The van der Waals surface area contributed by atoms with Crippen molar-refractivity contribution in [3.63, 3.8) is 0 Å². The van der Waals surface area contributed by atoms with E-state index in [0.29, 0.717) is 34.6 Å². The molecule has 5 nitrogen and oxygen atoms in total. The van der Waals surface area contributed by atoms with Gasteiger partial charge < -0.3 is 15.3 Å². The summed E-state index contributed by atoms with van der Waals surface area (Å²) in [7, 11) is 0. The molecule has 1 fully saturated rings. The molecular formula is C12H12BrClN2O3. The molecule has 1 aromatic rings. The van der Waals surface area contributed by atoms with E-state index in [1.807, 2.05) is 0 Å². The van der Waals surface area contributed by atoms with Gasteiger partial charge >= 0.3 is 12.0 Å². The number of likely N-dealkylation sites (tertiary alicyclic amines) is 1. The van der Waals surface area contributed by atoms with Crippen molar-refractivity contribution in [1.29, 1.82) is 0 Å². The van der Waals surface area contributed by atoms with Gasteiger partial charge in [0.15, 0.2) is 0 Å². The molecule has 0 radical (unpaired) electrons. The number of rotatable bonds is 2. The summed E-state index contributed by atoms with van der Waals surface area (Å²) in [4.78, 5) is 24.4. The second-order valence-electron chi connectivity index (χ2n) is 4.22. The first-order valence-electron chi connectivity index (χ1n) is 5.75. The molecular weight excluding hydrogens is 336 g/mol. The summed E-state index contributed by atoms with van der Waals surface area (Å²) in [5.74, 6) is -0.974. The minimum Gasteiger partial charge on any atom is -0.480 e. The highest BCUT2D eigenvalue weighted by Crippen LogP contribution is 2.30. The maximum absolute atomic E-state index is 12.1. The Morgan fingerprint density at radius 2 is 2.21 bits per heavy atom. The molecule has 0 aromatic heterocycles. The topological polar surface area (TPSA) is 69.6 Å². The van der Waals surface area contributed by atoms with Gasteiger partial charge in [0.25, 0.3) is 0 Å². The van der Waals surface area contributed by atoms with E-state index in [9.17, 15) is 9.59 Å². The third-order valence-corrected chi connectivity index (χ3v) is 4.39. The number of nitrogens with zero attached hydrogens (tertiary/aromatic N) is 1. The highest BCUT2D eigenvalue weighted by atomic mass is 79.9. The Morgan fingerprint density at radius 3 is 2.89 bits per heavy atom. The SMILES string of the molecule is O=C(O)[C@H]1CCCN1C(=O)Nc1cccc(Cl)c1Br. The van der Waals surface area contributed by atoms with E-state index in [1.54, 1.807) is 18.2 Å². The molecule has 1 aliphatic heterocycles. The molecule has 0 saturated carbocycles. The number of anilines is 1. The van der Waals surface area contributed by atoms with E-state index >= 15 is 0 Å². The second-order valence-corrected chi connectivity index (χ2v) is 5.42.